The van der Waals surface area contributed by atoms with Crippen molar-refractivity contribution in [3.05, 3.63) is 38.9 Å². The first-order chi connectivity index (χ1) is 8.22. The highest BCUT2D eigenvalue weighted by atomic mass is 127. The molecule has 0 unspecified atom stereocenters. The number of aromatic nitrogens is 1. The van der Waals surface area contributed by atoms with Crippen LogP contribution in [-0.2, 0) is 6.54 Å². The van der Waals surface area contributed by atoms with Crippen LogP contribution in [0.1, 0.15) is 12.6 Å². The molecule has 0 aliphatic rings. The molecule has 0 saturated carbocycles. The summed E-state index contributed by atoms with van der Waals surface area (Å²) < 4.78 is 6.46. The minimum Gasteiger partial charge on any atom is -0.443 e. The van der Waals surface area contributed by atoms with E-state index in [-0.39, 0.29) is 0 Å². The molecule has 0 aliphatic carbocycles. The van der Waals surface area contributed by atoms with Crippen molar-refractivity contribution in [3.8, 4) is 11.3 Å². The molecule has 0 radical (unpaired) electrons. The van der Waals surface area contributed by atoms with Crippen LogP contribution in [-0.4, -0.2) is 11.5 Å². The van der Waals surface area contributed by atoms with Crippen LogP contribution in [0.5, 0.6) is 0 Å². The summed E-state index contributed by atoms with van der Waals surface area (Å²) in [5.41, 5.74) is 1.87. The molecule has 0 spiro atoms. The molecule has 0 saturated heterocycles. The second-order valence-corrected chi connectivity index (χ2v) is 5.11. The molecule has 17 heavy (non-hydrogen) atoms. The average molecular weight is 363 g/mol. The molecule has 2 rings (SSSR count). The topological polar surface area (TPSA) is 38.1 Å². The van der Waals surface area contributed by atoms with Gasteiger partial charge in [-0.05, 0) is 41.3 Å². The largest absolute Gasteiger partial charge is 0.443 e. The molecule has 90 valence electrons. The van der Waals surface area contributed by atoms with Crippen molar-refractivity contribution >= 4 is 34.2 Å². The van der Waals surface area contributed by atoms with Gasteiger partial charge < -0.3 is 9.73 Å². The first-order valence-electron chi connectivity index (χ1n) is 5.31. The fraction of sp³-hybridized carbons (Fsp3) is 0.250. The number of nitrogens with one attached hydrogen (secondary N) is 1. The van der Waals surface area contributed by atoms with Crippen molar-refractivity contribution in [2.45, 2.75) is 13.5 Å². The van der Waals surface area contributed by atoms with Crippen LogP contribution in [0, 0.1) is 3.57 Å². The van der Waals surface area contributed by atoms with Gasteiger partial charge in [-0.25, -0.2) is 4.98 Å². The predicted molar refractivity (Wildman–Crippen MR) is 77.0 cm³/mol. The predicted octanol–water partition coefficient (Wildman–Crippen LogP) is 3.71. The Bertz CT molecular complexity index is 513. The van der Waals surface area contributed by atoms with Gasteiger partial charge in [-0.1, -0.05) is 24.6 Å². The molecular weight excluding hydrogens is 351 g/mol. The van der Waals surface area contributed by atoms with Crippen molar-refractivity contribution in [1.82, 2.24) is 10.3 Å². The lowest BCUT2D eigenvalue weighted by Crippen LogP contribution is -2.12. The zero-order valence-electron chi connectivity index (χ0n) is 9.34. The molecule has 1 N–H and O–H groups in total. The molecule has 2 aromatic rings. The van der Waals surface area contributed by atoms with E-state index in [2.05, 4.69) is 39.8 Å². The third kappa shape index (κ3) is 3.00. The van der Waals surface area contributed by atoms with Gasteiger partial charge in [0.25, 0.3) is 0 Å². The van der Waals surface area contributed by atoms with Gasteiger partial charge in [-0.2, -0.15) is 0 Å². The van der Waals surface area contributed by atoms with Crippen LogP contribution in [0.15, 0.2) is 29.0 Å². The van der Waals surface area contributed by atoms with Crippen molar-refractivity contribution in [2.75, 3.05) is 6.54 Å². The van der Waals surface area contributed by atoms with Gasteiger partial charge >= 0.3 is 0 Å². The second kappa shape index (κ2) is 5.84. The summed E-state index contributed by atoms with van der Waals surface area (Å²) in [5, 5.41) is 3.96. The Balaban J connectivity index is 2.32. The number of nitrogens with zero attached hydrogens (tertiary/aromatic N) is 1. The van der Waals surface area contributed by atoms with E-state index >= 15 is 0 Å². The summed E-state index contributed by atoms with van der Waals surface area (Å²) in [4.78, 5) is 4.21. The molecule has 1 heterocycles. The summed E-state index contributed by atoms with van der Waals surface area (Å²) in [6.07, 6.45) is 1.47. The first-order valence-corrected chi connectivity index (χ1v) is 6.76. The number of halogens is 2. The van der Waals surface area contributed by atoms with Gasteiger partial charge in [0.05, 0.1) is 5.02 Å². The standard InChI is InChI=1S/C12H12ClIN2O/c1-2-15-6-11-12(17-7-16-11)8-3-4-10(14)9(13)5-8/h3-5,7,15H,2,6H2,1H3. The van der Waals surface area contributed by atoms with E-state index in [1.165, 1.54) is 6.39 Å². The second-order valence-electron chi connectivity index (χ2n) is 3.54. The molecule has 1 aromatic heterocycles. The summed E-state index contributed by atoms with van der Waals surface area (Å²) in [7, 11) is 0. The van der Waals surface area contributed by atoms with E-state index in [0.29, 0.717) is 6.54 Å². The lowest BCUT2D eigenvalue weighted by Gasteiger charge is -2.03. The Kier molecular flexibility index (Phi) is 4.42. The fourth-order valence-electron chi connectivity index (χ4n) is 1.51. The highest BCUT2D eigenvalue weighted by molar-refractivity contribution is 14.1. The van der Waals surface area contributed by atoms with Crippen molar-refractivity contribution in [3.63, 3.8) is 0 Å². The van der Waals surface area contributed by atoms with Crippen LogP contribution in [0.4, 0.5) is 0 Å². The summed E-state index contributed by atoms with van der Waals surface area (Å²) in [5.74, 6) is 0.782. The molecule has 0 atom stereocenters. The quantitative estimate of drug-likeness (QED) is 0.843. The first kappa shape index (κ1) is 12.9. The van der Waals surface area contributed by atoms with E-state index in [1.807, 2.05) is 18.2 Å². The van der Waals surface area contributed by atoms with Crippen LogP contribution in [0.3, 0.4) is 0 Å². The number of rotatable bonds is 4. The van der Waals surface area contributed by atoms with Crippen LogP contribution >= 0.6 is 34.2 Å². The van der Waals surface area contributed by atoms with Crippen LogP contribution in [0.2, 0.25) is 5.02 Å². The van der Waals surface area contributed by atoms with E-state index in [4.69, 9.17) is 16.0 Å². The summed E-state index contributed by atoms with van der Waals surface area (Å²) in [6, 6.07) is 5.86. The maximum absolute atomic E-state index is 6.10. The van der Waals surface area contributed by atoms with E-state index < -0.39 is 0 Å². The lowest BCUT2D eigenvalue weighted by molar-refractivity contribution is 0.570. The number of oxazole rings is 1. The highest BCUT2D eigenvalue weighted by Crippen LogP contribution is 2.28. The molecule has 5 heteroatoms. The smallest absolute Gasteiger partial charge is 0.181 e. The minimum atomic E-state index is 0.700. The van der Waals surface area contributed by atoms with Crippen LogP contribution < -0.4 is 5.32 Å². The van der Waals surface area contributed by atoms with E-state index in [1.54, 1.807) is 0 Å². The Labute approximate surface area is 119 Å². The highest BCUT2D eigenvalue weighted by Gasteiger charge is 2.11. The van der Waals surface area contributed by atoms with E-state index in [9.17, 15) is 0 Å². The molecular formula is C12H12ClIN2O. The SMILES string of the molecule is CCNCc1ncoc1-c1ccc(I)c(Cl)c1. The lowest BCUT2D eigenvalue weighted by atomic mass is 10.1. The molecule has 0 fully saturated rings. The third-order valence-corrected chi connectivity index (χ3v) is 3.94. The third-order valence-electron chi connectivity index (χ3n) is 2.37. The monoisotopic (exact) mass is 362 g/mol. The van der Waals surface area contributed by atoms with Gasteiger partial charge in [0, 0.05) is 15.7 Å². The Morgan fingerprint density at radius 3 is 3.00 bits per heavy atom. The minimum absolute atomic E-state index is 0.700. The van der Waals surface area contributed by atoms with E-state index in [0.717, 1.165) is 32.2 Å². The maximum atomic E-state index is 6.10. The zero-order chi connectivity index (χ0) is 12.3. The molecule has 1 aromatic carbocycles. The fourth-order valence-corrected chi connectivity index (χ4v) is 2.03. The van der Waals surface area contributed by atoms with Crippen LogP contribution in [0.25, 0.3) is 11.3 Å². The number of benzene rings is 1. The maximum Gasteiger partial charge on any atom is 0.181 e. The van der Waals surface area contributed by atoms with Gasteiger partial charge in [-0.3, -0.25) is 0 Å². The number of hydrogen-bond acceptors (Lipinski definition) is 3. The van der Waals surface area contributed by atoms with Gasteiger partial charge in [0.1, 0.15) is 5.69 Å². The van der Waals surface area contributed by atoms with Gasteiger partial charge in [0.15, 0.2) is 12.2 Å². The zero-order valence-corrected chi connectivity index (χ0v) is 12.2. The Hall–Kier alpha value is -0.590. The van der Waals surface area contributed by atoms with Crippen molar-refractivity contribution in [1.29, 1.82) is 0 Å². The van der Waals surface area contributed by atoms with Gasteiger partial charge in [0.2, 0.25) is 0 Å². The van der Waals surface area contributed by atoms with Crippen molar-refractivity contribution < 1.29 is 4.42 Å². The normalized spacial score (nSPS) is 10.8. The van der Waals surface area contributed by atoms with Crippen molar-refractivity contribution in [2.24, 2.45) is 0 Å². The van der Waals surface area contributed by atoms with Gasteiger partial charge in [-0.15, -0.1) is 0 Å². The summed E-state index contributed by atoms with van der Waals surface area (Å²) >= 11 is 8.30. The molecule has 0 bridgehead atoms. The number of hydrogen-bond donors (Lipinski definition) is 1. The molecule has 0 aliphatic heterocycles. The average Bonchev–Trinajstić information content (AvgIpc) is 2.78. The summed E-state index contributed by atoms with van der Waals surface area (Å²) in [6.45, 7) is 3.66. The Morgan fingerprint density at radius 1 is 1.47 bits per heavy atom. The molecule has 0 amide bonds. The Morgan fingerprint density at radius 2 is 2.29 bits per heavy atom. The molecule has 3 nitrogen and oxygen atoms in total.